The molecule has 0 aromatic rings. The van der Waals surface area contributed by atoms with Gasteiger partial charge in [-0.15, -0.1) is 0 Å². The monoisotopic (exact) mass is 530 g/mol. The first-order valence-electron chi connectivity index (χ1n) is 14.9. The molecule has 5 aliphatic carbocycles. The summed E-state index contributed by atoms with van der Waals surface area (Å²) in [5.41, 5.74) is -1.64. The molecule has 0 aromatic heterocycles. The fourth-order valence-corrected chi connectivity index (χ4v) is 11.4. The number of esters is 1. The van der Waals surface area contributed by atoms with Crippen molar-refractivity contribution < 1.29 is 29.6 Å². The van der Waals surface area contributed by atoms with Crippen LogP contribution in [-0.4, -0.2) is 45.1 Å². The number of hydrogen-bond acceptors (Lipinski definition) is 5. The zero-order valence-electron chi connectivity index (χ0n) is 24.8. The minimum atomic E-state index is -1.07. The van der Waals surface area contributed by atoms with Gasteiger partial charge in [0, 0.05) is 18.3 Å². The second kappa shape index (κ2) is 8.31. The van der Waals surface area contributed by atoms with E-state index in [2.05, 4.69) is 47.6 Å². The molecule has 38 heavy (non-hydrogen) atoms. The Bertz CT molecular complexity index is 1060. The van der Waals surface area contributed by atoms with Crippen LogP contribution in [0.1, 0.15) is 107 Å². The van der Waals surface area contributed by atoms with E-state index in [0.717, 1.165) is 32.1 Å². The van der Waals surface area contributed by atoms with Crippen molar-refractivity contribution in [2.45, 2.75) is 125 Å². The van der Waals surface area contributed by atoms with Gasteiger partial charge in [-0.25, -0.2) is 0 Å². The van der Waals surface area contributed by atoms with Crippen LogP contribution in [0, 0.1) is 50.7 Å². The smallest absolute Gasteiger partial charge is 0.310 e. The molecule has 0 unspecified atom stereocenters. The van der Waals surface area contributed by atoms with Crippen LogP contribution < -0.4 is 0 Å². The summed E-state index contributed by atoms with van der Waals surface area (Å²) in [5, 5.41) is 33.9. The number of fused-ring (bicyclic) bond motifs is 7. The highest BCUT2D eigenvalue weighted by molar-refractivity contribution is 5.77. The van der Waals surface area contributed by atoms with Crippen LogP contribution in [0.15, 0.2) is 11.6 Å². The molecule has 0 heterocycles. The van der Waals surface area contributed by atoms with Crippen molar-refractivity contribution in [1.82, 2.24) is 0 Å². The molecule has 5 aliphatic rings. The van der Waals surface area contributed by atoms with Gasteiger partial charge in [-0.3, -0.25) is 9.59 Å². The number of allylic oxidation sites excluding steroid dienone is 1. The van der Waals surface area contributed by atoms with Gasteiger partial charge >= 0.3 is 11.9 Å². The van der Waals surface area contributed by atoms with Crippen molar-refractivity contribution in [3.8, 4) is 0 Å². The maximum Gasteiger partial charge on any atom is 0.310 e. The van der Waals surface area contributed by atoms with Gasteiger partial charge in [0.25, 0.3) is 0 Å². The normalized spacial score (nSPS) is 53.4. The fourth-order valence-electron chi connectivity index (χ4n) is 11.4. The van der Waals surface area contributed by atoms with Gasteiger partial charge in [-0.2, -0.15) is 0 Å². The first-order chi connectivity index (χ1) is 17.4. The molecule has 5 rings (SSSR count). The predicted octanol–water partition coefficient (Wildman–Crippen LogP) is 5.75. The zero-order valence-corrected chi connectivity index (χ0v) is 24.8. The Balaban J connectivity index is 1.61. The van der Waals surface area contributed by atoms with Crippen LogP contribution in [0.2, 0.25) is 0 Å². The summed E-state index contributed by atoms with van der Waals surface area (Å²) in [7, 11) is 0. The molecule has 0 spiro atoms. The van der Waals surface area contributed by atoms with Crippen LogP contribution in [0.25, 0.3) is 0 Å². The van der Waals surface area contributed by atoms with E-state index in [4.69, 9.17) is 4.74 Å². The molecule has 214 valence electrons. The highest BCUT2D eigenvalue weighted by Crippen LogP contribution is 2.76. The van der Waals surface area contributed by atoms with E-state index < -0.39 is 29.2 Å². The fraction of sp³-hybridized carbons (Fsp3) is 0.875. The largest absolute Gasteiger partial charge is 0.481 e. The number of aliphatic hydroxyl groups is 2. The lowest BCUT2D eigenvalue weighted by Gasteiger charge is -2.72. The van der Waals surface area contributed by atoms with Crippen molar-refractivity contribution in [1.29, 1.82) is 0 Å². The highest BCUT2D eigenvalue weighted by Gasteiger charge is 2.72. The Hall–Kier alpha value is -1.40. The standard InChI is InChI=1S/C32H50O6/c1-18-11-14-32(26(35)36)16-15-29(6)20(24(32)31(18,8)37)9-10-23-28(5)17-21(34)25(38-19(2)33)27(3,4)22(28)12-13-30(23,29)7/h9,18,21-25,34,37H,10-17H2,1-8H3,(H,35,36)/t18-,21-,22+,23+,24-,25+,28+,29-,30-,31-,32+/m1/s1. The average Bonchev–Trinajstić information content (AvgIpc) is 2.79. The number of carbonyl (C=O) groups is 2. The van der Waals surface area contributed by atoms with Gasteiger partial charge in [0.05, 0.1) is 17.1 Å². The van der Waals surface area contributed by atoms with Crippen LogP contribution in [-0.2, 0) is 14.3 Å². The van der Waals surface area contributed by atoms with Gasteiger partial charge in [-0.05, 0) is 92.3 Å². The topological polar surface area (TPSA) is 104 Å². The number of aliphatic hydroxyl groups excluding tert-OH is 1. The quantitative estimate of drug-likeness (QED) is 0.310. The van der Waals surface area contributed by atoms with Crippen LogP contribution in [0.5, 0.6) is 0 Å². The minimum Gasteiger partial charge on any atom is -0.481 e. The Kier molecular flexibility index (Phi) is 6.16. The van der Waals surface area contributed by atoms with Crippen molar-refractivity contribution >= 4 is 11.9 Å². The van der Waals surface area contributed by atoms with E-state index in [1.165, 1.54) is 12.5 Å². The summed E-state index contributed by atoms with van der Waals surface area (Å²) >= 11 is 0. The molecule has 0 aliphatic heterocycles. The number of carboxylic acid groups (broad SMARTS) is 1. The van der Waals surface area contributed by atoms with Crippen molar-refractivity contribution in [2.75, 3.05) is 0 Å². The minimum absolute atomic E-state index is 0.0366. The Morgan fingerprint density at radius 1 is 0.974 bits per heavy atom. The van der Waals surface area contributed by atoms with Gasteiger partial charge in [-0.1, -0.05) is 53.2 Å². The lowest BCUT2D eigenvalue weighted by atomic mass is 9.33. The Morgan fingerprint density at radius 2 is 1.63 bits per heavy atom. The number of carboxylic acids is 1. The summed E-state index contributed by atoms with van der Waals surface area (Å²) in [6.07, 6.45) is 7.24. The van der Waals surface area contributed by atoms with E-state index in [9.17, 15) is 24.9 Å². The van der Waals surface area contributed by atoms with Gasteiger partial charge in [0.1, 0.15) is 6.10 Å². The molecule has 4 fully saturated rings. The molecule has 3 N–H and O–H groups in total. The number of aliphatic carboxylic acids is 1. The van der Waals surface area contributed by atoms with Gasteiger partial charge in [0.15, 0.2) is 0 Å². The van der Waals surface area contributed by atoms with E-state index in [-0.39, 0.29) is 39.5 Å². The van der Waals surface area contributed by atoms with E-state index >= 15 is 0 Å². The molecule has 11 atom stereocenters. The third-order valence-electron chi connectivity index (χ3n) is 13.7. The number of carbonyl (C=O) groups excluding carboxylic acids is 1. The summed E-state index contributed by atoms with van der Waals surface area (Å²) in [6.45, 7) is 16.8. The predicted molar refractivity (Wildman–Crippen MR) is 145 cm³/mol. The SMILES string of the molecule is CC(=O)O[C@H]1[C@H](O)C[C@@]2(C)[C@@H](CC[C@]3(C)[C@H]2CC=C2[C@H]4[C@](C(=O)O)(CC[C@@H](C)[C@@]4(C)O)CC[C@]23C)C1(C)C. The van der Waals surface area contributed by atoms with Crippen LogP contribution in [0.3, 0.4) is 0 Å². The molecule has 0 radical (unpaired) electrons. The second-order valence-corrected chi connectivity index (χ2v) is 15.5. The van der Waals surface area contributed by atoms with Crippen molar-refractivity contribution in [3.05, 3.63) is 11.6 Å². The third-order valence-corrected chi connectivity index (χ3v) is 13.7. The van der Waals surface area contributed by atoms with E-state index in [1.54, 1.807) is 0 Å². The summed E-state index contributed by atoms with van der Waals surface area (Å²) in [5.74, 6) is -0.859. The third kappa shape index (κ3) is 3.31. The van der Waals surface area contributed by atoms with Crippen LogP contribution in [0.4, 0.5) is 0 Å². The van der Waals surface area contributed by atoms with Gasteiger partial charge < -0.3 is 20.1 Å². The van der Waals surface area contributed by atoms with Crippen molar-refractivity contribution in [2.24, 2.45) is 50.7 Å². The average molecular weight is 531 g/mol. The molecule has 4 saturated carbocycles. The number of rotatable bonds is 2. The van der Waals surface area contributed by atoms with Gasteiger partial charge in [0.2, 0.25) is 0 Å². The maximum absolute atomic E-state index is 12.9. The lowest BCUT2D eigenvalue weighted by Crippen LogP contribution is -2.69. The first kappa shape index (κ1) is 28.1. The first-order valence-corrected chi connectivity index (χ1v) is 14.9. The Labute approximate surface area is 228 Å². The number of hydrogen-bond donors (Lipinski definition) is 3. The summed E-state index contributed by atoms with van der Waals surface area (Å²) in [6, 6.07) is 0. The molecule has 0 aromatic carbocycles. The summed E-state index contributed by atoms with van der Waals surface area (Å²) in [4.78, 5) is 24.8. The molecule has 6 heteroatoms. The Morgan fingerprint density at radius 3 is 2.24 bits per heavy atom. The van der Waals surface area contributed by atoms with E-state index in [1.807, 2.05) is 6.92 Å². The molecule has 0 amide bonds. The second-order valence-electron chi connectivity index (χ2n) is 15.5. The molecular formula is C32H50O6. The lowest BCUT2D eigenvalue weighted by molar-refractivity contribution is -0.242. The summed E-state index contributed by atoms with van der Waals surface area (Å²) < 4.78 is 5.72. The zero-order chi connectivity index (χ0) is 28.3. The number of ether oxygens (including phenoxy) is 1. The molecule has 6 nitrogen and oxygen atoms in total. The van der Waals surface area contributed by atoms with Crippen molar-refractivity contribution in [3.63, 3.8) is 0 Å². The molecule has 0 saturated heterocycles. The van der Waals surface area contributed by atoms with E-state index in [0.29, 0.717) is 31.1 Å². The maximum atomic E-state index is 12.9. The van der Waals surface area contributed by atoms with Crippen LogP contribution >= 0.6 is 0 Å². The molecular weight excluding hydrogens is 480 g/mol. The highest BCUT2D eigenvalue weighted by atomic mass is 16.6. The molecule has 0 bridgehead atoms.